The van der Waals surface area contributed by atoms with E-state index in [1.54, 1.807) is 17.5 Å². The Morgan fingerprint density at radius 3 is 2.61 bits per heavy atom. The zero-order chi connectivity index (χ0) is 20.1. The van der Waals surface area contributed by atoms with E-state index in [9.17, 15) is 13.2 Å². The molecule has 1 amide bonds. The van der Waals surface area contributed by atoms with Crippen molar-refractivity contribution in [3.63, 3.8) is 0 Å². The van der Waals surface area contributed by atoms with Crippen molar-refractivity contribution in [3.8, 4) is 0 Å². The number of hydrogen-bond donors (Lipinski definition) is 1. The molecule has 1 aromatic heterocycles. The first-order valence-corrected chi connectivity index (χ1v) is 12.1. The van der Waals surface area contributed by atoms with Gasteiger partial charge in [0.1, 0.15) is 4.21 Å². The summed E-state index contributed by atoms with van der Waals surface area (Å²) in [5, 5.41) is 4.94. The van der Waals surface area contributed by atoms with Gasteiger partial charge < -0.3 is 5.32 Å². The number of nitrogens with zero attached hydrogens (tertiary/aromatic N) is 1. The third-order valence-corrected chi connectivity index (χ3v) is 8.31. The molecule has 1 aliphatic heterocycles. The Balaban J connectivity index is 1.70. The maximum atomic E-state index is 13.0. The zero-order valence-electron chi connectivity index (χ0n) is 16.4. The minimum atomic E-state index is -3.51. The topological polar surface area (TPSA) is 66.5 Å². The van der Waals surface area contributed by atoms with Crippen LogP contribution in [0, 0.1) is 11.8 Å². The first kappa shape index (κ1) is 21.0. The van der Waals surface area contributed by atoms with E-state index >= 15 is 0 Å². The van der Waals surface area contributed by atoms with Crippen LogP contribution >= 0.6 is 11.3 Å². The predicted molar refractivity (Wildman–Crippen MR) is 113 cm³/mol. The Morgan fingerprint density at radius 2 is 1.96 bits per heavy atom. The maximum absolute atomic E-state index is 13.0. The standard InChI is InChI=1S/C21H28N2O3S2/c1-16(2)14-19(17-8-4-3-5-9-17)22-21(24)18-10-6-12-23(15-18)28(25,26)20-11-7-13-27-20/h3-5,7-9,11,13,16,18-19H,6,10,12,14-15H2,1-2H3,(H,22,24)/t18-,19-/m1/s1. The van der Waals surface area contributed by atoms with Crippen molar-refractivity contribution >= 4 is 27.3 Å². The highest BCUT2D eigenvalue weighted by atomic mass is 32.2. The van der Waals surface area contributed by atoms with Gasteiger partial charge in [-0.2, -0.15) is 4.31 Å². The van der Waals surface area contributed by atoms with Crippen LogP contribution in [0.15, 0.2) is 52.1 Å². The molecule has 3 rings (SSSR count). The van der Waals surface area contributed by atoms with Crippen LogP contribution in [0.5, 0.6) is 0 Å². The molecule has 1 N–H and O–H groups in total. The number of piperidine rings is 1. The SMILES string of the molecule is CC(C)C[C@@H](NC(=O)[C@@H]1CCCN(S(=O)(=O)c2cccs2)C1)c1ccccc1. The highest BCUT2D eigenvalue weighted by Crippen LogP contribution is 2.28. The van der Waals surface area contributed by atoms with Crippen LogP contribution < -0.4 is 5.32 Å². The second-order valence-electron chi connectivity index (χ2n) is 7.74. The van der Waals surface area contributed by atoms with Gasteiger partial charge in [0, 0.05) is 13.1 Å². The van der Waals surface area contributed by atoms with Crippen LogP contribution in [0.1, 0.15) is 44.7 Å². The van der Waals surface area contributed by atoms with Crippen molar-refractivity contribution in [2.45, 2.75) is 43.4 Å². The van der Waals surface area contributed by atoms with E-state index in [1.165, 1.54) is 15.6 Å². The van der Waals surface area contributed by atoms with Crippen LogP contribution in [0.4, 0.5) is 0 Å². The van der Waals surface area contributed by atoms with E-state index in [4.69, 9.17) is 0 Å². The van der Waals surface area contributed by atoms with Crippen molar-refractivity contribution in [1.29, 1.82) is 0 Å². The summed E-state index contributed by atoms with van der Waals surface area (Å²) in [6.07, 6.45) is 2.26. The summed E-state index contributed by atoms with van der Waals surface area (Å²) in [6.45, 7) is 4.99. The van der Waals surface area contributed by atoms with Gasteiger partial charge in [0.2, 0.25) is 5.91 Å². The van der Waals surface area contributed by atoms with E-state index < -0.39 is 10.0 Å². The third-order valence-electron chi connectivity index (χ3n) is 5.07. The number of hydrogen-bond acceptors (Lipinski definition) is 4. The van der Waals surface area contributed by atoms with Gasteiger partial charge in [0.15, 0.2) is 0 Å². The molecule has 152 valence electrons. The molecule has 0 spiro atoms. The van der Waals surface area contributed by atoms with Gasteiger partial charge in [-0.3, -0.25) is 4.79 Å². The average Bonchev–Trinajstić information content (AvgIpc) is 3.23. The zero-order valence-corrected chi connectivity index (χ0v) is 18.0. The number of nitrogens with one attached hydrogen (secondary N) is 1. The largest absolute Gasteiger partial charge is 0.349 e. The first-order chi connectivity index (χ1) is 13.4. The monoisotopic (exact) mass is 420 g/mol. The van der Waals surface area contributed by atoms with Gasteiger partial charge in [-0.25, -0.2) is 8.42 Å². The van der Waals surface area contributed by atoms with E-state index in [0.717, 1.165) is 12.0 Å². The molecular weight excluding hydrogens is 392 g/mol. The predicted octanol–water partition coefficient (Wildman–Crippen LogP) is 4.05. The molecule has 5 nitrogen and oxygen atoms in total. The minimum Gasteiger partial charge on any atom is -0.349 e. The highest BCUT2D eigenvalue weighted by molar-refractivity contribution is 7.91. The van der Waals surface area contributed by atoms with Crippen LogP contribution in [-0.2, 0) is 14.8 Å². The fourth-order valence-electron chi connectivity index (χ4n) is 3.64. The van der Waals surface area contributed by atoms with Crippen LogP contribution in [0.2, 0.25) is 0 Å². The lowest BCUT2D eigenvalue weighted by Crippen LogP contribution is -2.46. The van der Waals surface area contributed by atoms with Crippen molar-refractivity contribution in [2.75, 3.05) is 13.1 Å². The molecule has 1 fully saturated rings. The molecule has 0 saturated carbocycles. The smallest absolute Gasteiger partial charge is 0.252 e. The van der Waals surface area contributed by atoms with Gasteiger partial charge in [-0.1, -0.05) is 50.2 Å². The summed E-state index contributed by atoms with van der Waals surface area (Å²) in [4.78, 5) is 13.0. The quantitative estimate of drug-likeness (QED) is 0.735. The Morgan fingerprint density at radius 1 is 1.21 bits per heavy atom. The average molecular weight is 421 g/mol. The Hall–Kier alpha value is -1.70. The van der Waals surface area contributed by atoms with E-state index in [1.807, 2.05) is 30.3 Å². The summed E-state index contributed by atoms with van der Waals surface area (Å²) in [5.41, 5.74) is 1.09. The summed E-state index contributed by atoms with van der Waals surface area (Å²) in [6, 6.07) is 13.3. The van der Waals surface area contributed by atoms with Crippen molar-refractivity contribution < 1.29 is 13.2 Å². The number of benzene rings is 1. The van der Waals surface area contributed by atoms with Crippen LogP contribution in [0.3, 0.4) is 0 Å². The van der Waals surface area contributed by atoms with Gasteiger partial charge >= 0.3 is 0 Å². The molecule has 2 heterocycles. The summed E-state index contributed by atoms with van der Waals surface area (Å²) in [5.74, 6) is 0.0648. The van der Waals surface area contributed by atoms with Crippen molar-refractivity contribution in [1.82, 2.24) is 9.62 Å². The lowest BCUT2D eigenvalue weighted by Gasteiger charge is -2.32. The first-order valence-electron chi connectivity index (χ1n) is 9.77. The lowest BCUT2D eigenvalue weighted by atomic mass is 9.94. The molecule has 0 aliphatic carbocycles. The van der Waals surface area contributed by atoms with Gasteiger partial charge in [0.25, 0.3) is 10.0 Å². The Bertz CT molecular complexity index is 864. The molecule has 1 saturated heterocycles. The maximum Gasteiger partial charge on any atom is 0.252 e. The number of amides is 1. The van der Waals surface area contributed by atoms with Crippen LogP contribution in [-0.4, -0.2) is 31.7 Å². The molecule has 0 bridgehead atoms. The molecule has 2 aromatic rings. The summed E-state index contributed by atoms with van der Waals surface area (Å²) >= 11 is 1.22. The Labute approximate surface area is 171 Å². The van der Waals surface area contributed by atoms with E-state index in [-0.39, 0.29) is 24.4 Å². The van der Waals surface area contributed by atoms with Gasteiger partial charge in [0.05, 0.1) is 12.0 Å². The molecule has 0 radical (unpaired) electrons. The third kappa shape index (κ3) is 5.01. The molecule has 1 aliphatic rings. The fourth-order valence-corrected chi connectivity index (χ4v) is 6.31. The molecule has 1 aromatic carbocycles. The molecule has 2 atom stereocenters. The molecule has 7 heteroatoms. The van der Waals surface area contributed by atoms with Crippen molar-refractivity contribution in [2.24, 2.45) is 11.8 Å². The number of sulfonamides is 1. The van der Waals surface area contributed by atoms with Crippen molar-refractivity contribution in [3.05, 3.63) is 53.4 Å². The molecular formula is C21H28N2O3S2. The second kappa shape index (κ2) is 9.20. The lowest BCUT2D eigenvalue weighted by molar-refractivity contribution is -0.127. The van der Waals surface area contributed by atoms with Crippen LogP contribution in [0.25, 0.3) is 0 Å². The highest BCUT2D eigenvalue weighted by Gasteiger charge is 2.34. The van der Waals surface area contributed by atoms with Gasteiger partial charge in [-0.15, -0.1) is 11.3 Å². The number of carbonyl (C=O) groups is 1. The van der Waals surface area contributed by atoms with E-state index in [0.29, 0.717) is 29.5 Å². The second-order valence-corrected chi connectivity index (χ2v) is 10.8. The summed E-state index contributed by atoms with van der Waals surface area (Å²) < 4.78 is 27.4. The number of thiophene rings is 1. The number of rotatable bonds is 7. The molecule has 0 unspecified atom stereocenters. The molecule has 28 heavy (non-hydrogen) atoms. The number of carbonyl (C=O) groups excluding carboxylic acids is 1. The normalized spacial score (nSPS) is 19.5. The summed E-state index contributed by atoms with van der Waals surface area (Å²) in [7, 11) is -3.51. The van der Waals surface area contributed by atoms with E-state index in [2.05, 4.69) is 19.2 Å². The minimum absolute atomic E-state index is 0.0550. The Kier molecular flexibility index (Phi) is 6.91. The van der Waals surface area contributed by atoms with Gasteiger partial charge in [-0.05, 0) is 42.2 Å². The fraction of sp³-hybridized carbons (Fsp3) is 0.476.